The fourth-order valence-electron chi connectivity index (χ4n) is 2.14. The summed E-state index contributed by atoms with van der Waals surface area (Å²) in [5, 5.41) is 3.40. The van der Waals surface area contributed by atoms with Gasteiger partial charge in [-0.1, -0.05) is 71.2 Å². The molecule has 0 spiro atoms. The monoisotopic (exact) mass is 785 g/mol. The fraction of sp³-hybridized carbons (Fsp3) is 0.696. The smallest absolute Gasteiger partial charge is 0.380 e. The number of nitrogens with one attached hydrogen (secondary N) is 1. The molecule has 1 N–H and O–H groups in total. The van der Waals surface area contributed by atoms with Gasteiger partial charge in [0.25, 0.3) is 0 Å². The SMILES string of the molecule is CCCSP(=O)(OCC)SCCC.CCOP(=S)(OCC)Oc1ccc(Cl)cc1Cl.CNC(=O)CSP(=S)(OC)OC. The zero-order chi connectivity index (χ0) is 32.7. The second-order valence-electron chi connectivity index (χ2n) is 7.24. The highest BCUT2D eigenvalue weighted by molar-refractivity contribution is 8.89. The van der Waals surface area contributed by atoms with E-state index in [1.807, 2.05) is 20.8 Å². The van der Waals surface area contributed by atoms with E-state index in [4.69, 9.17) is 74.0 Å². The maximum absolute atomic E-state index is 12.0. The summed E-state index contributed by atoms with van der Waals surface area (Å²) in [6.07, 6.45) is 2.10. The lowest BCUT2D eigenvalue weighted by molar-refractivity contribution is -0.118. The molecule has 1 aromatic rings. The third kappa shape index (κ3) is 22.1. The van der Waals surface area contributed by atoms with Crippen LogP contribution in [0.5, 0.6) is 5.75 Å². The number of amides is 1. The molecule has 0 saturated carbocycles. The van der Waals surface area contributed by atoms with Crippen molar-refractivity contribution in [2.24, 2.45) is 0 Å². The summed E-state index contributed by atoms with van der Waals surface area (Å²) >= 11 is 26.2. The second-order valence-corrected chi connectivity index (χ2v) is 25.2. The number of halogens is 2. The standard InChI is InChI=1S/C10H13Cl2O3PS.C8H19O2PS2.C5H12NO3PS2/c1-3-13-16(17,14-4-2)15-10-6-5-8(11)7-9(10)12;1-4-7-12-11(9,10-6-3)13-8-5-2;1-6-5(7)4-12-10(11,8-2)9-3/h5-7H,3-4H2,1-2H3;4-8H2,1-3H3;4H2,1-3H3,(H,6,7). The van der Waals surface area contributed by atoms with Crippen LogP contribution >= 0.6 is 75.5 Å². The minimum absolute atomic E-state index is 0.0803. The van der Waals surface area contributed by atoms with E-state index in [2.05, 4.69) is 19.2 Å². The van der Waals surface area contributed by atoms with Crippen molar-refractivity contribution in [1.82, 2.24) is 5.32 Å². The van der Waals surface area contributed by atoms with Crippen LogP contribution in [-0.4, -0.2) is 64.3 Å². The quantitative estimate of drug-likeness (QED) is 0.135. The molecule has 0 heterocycles. The molecule has 0 bridgehead atoms. The first-order valence-electron chi connectivity index (χ1n) is 12.9. The summed E-state index contributed by atoms with van der Waals surface area (Å²) in [6.45, 7) is 8.34. The number of carbonyl (C=O) groups excluding carboxylic acids is 1. The van der Waals surface area contributed by atoms with Gasteiger partial charge < -0.3 is 23.4 Å². The number of rotatable bonds is 19. The van der Waals surface area contributed by atoms with Crippen LogP contribution in [-0.2, 0) is 55.6 Å². The highest BCUT2D eigenvalue weighted by Gasteiger charge is 2.23. The van der Waals surface area contributed by atoms with E-state index in [1.54, 1.807) is 25.2 Å². The average Bonchev–Trinajstić information content (AvgIpc) is 2.96. The number of carbonyl (C=O) groups is 1. The van der Waals surface area contributed by atoms with Gasteiger partial charge in [-0.3, -0.25) is 18.4 Å². The largest absolute Gasteiger partial charge is 0.423 e. The lowest BCUT2D eigenvalue weighted by Gasteiger charge is -2.21. The van der Waals surface area contributed by atoms with Crippen LogP contribution in [0.15, 0.2) is 18.2 Å². The Balaban J connectivity index is 0. The molecule has 9 nitrogen and oxygen atoms in total. The Labute approximate surface area is 284 Å². The predicted octanol–water partition coefficient (Wildman–Crippen LogP) is 10.1. The van der Waals surface area contributed by atoms with Gasteiger partial charge in [-0.2, -0.15) is 0 Å². The van der Waals surface area contributed by atoms with Crippen molar-refractivity contribution >= 4 is 105 Å². The Kier molecular flexibility index (Phi) is 28.8. The molecule has 248 valence electrons. The van der Waals surface area contributed by atoms with E-state index in [0.29, 0.717) is 35.6 Å². The third-order valence-electron chi connectivity index (χ3n) is 3.95. The first kappa shape index (κ1) is 45.6. The third-order valence-corrected chi connectivity index (χ3v) is 20.5. The van der Waals surface area contributed by atoms with Crippen LogP contribution in [0, 0.1) is 0 Å². The minimum Gasteiger partial charge on any atom is -0.423 e. The lowest BCUT2D eigenvalue weighted by atomic mass is 10.3. The topological polar surface area (TPSA) is 102 Å². The second kappa shape index (κ2) is 26.5. The predicted molar refractivity (Wildman–Crippen MR) is 194 cm³/mol. The van der Waals surface area contributed by atoms with Gasteiger partial charge in [0, 0.05) is 49.6 Å². The molecule has 0 saturated heterocycles. The van der Waals surface area contributed by atoms with Crippen LogP contribution in [0.3, 0.4) is 0 Å². The van der Waals surface area contributed by atoms with Crippen LogP contribution in [0.25, 0.3) is 0 Å². The molecule has 0 aliphatic carbocycles. The van der Waals surface area contributed by atoms with E-state index in [1.165, 1.54) is 48.4 Å². The first-order chi connectivity index (χ1) is 19.8. The van der Waals surface area contributed by atoms with E-state index >= 15 is 0 Å². The molecule has 1 aromatic carbocycles. The zero-order valence-corrected chi connectivity index (χ0v) is 33.6. The molecule has 1 amide bonds. The van der Waals surface area contributed by atoms with E-state index in [-0.39, 0.29) is 11.7 Å². The van der Waals surface area contributed by atoms with Crippen molar-refractivity contribution in [2.45, 2.75) is 47.5 Å². The number of hydrogen-bond donors (Lipinski definition) is 1. The van der Waals surface area contributed by atoms with Crippen molar-refractivity contribution in [3.05, 3.63) is 28.2 Å². The lowest BCUT2D eigenvalue weighted by Crippen LogP contribution is -2.19. The van der Waals surface area contributed by atoms with Gasteiger partial charge in [-0.25, -0.2) is 0 Å². The summed E-state index contributed by atoms with van der Waals surface area (Å²) in [6, 6.07) is 4.89. The van der Waals surface area contributed by atoms with Crippen molar-refractivity contribution in [1.29, 1.82) is 0 Å². The zero-order valence-electron chi connectivity index (χ0n) is 25.3. The Bertz CT molecular complexity index is 1000. The molecule has 0 unspecified atom stereocenters. The van der Waals surface area contributed by atoms with Crippen molar-refractivity contribution < 1.29 is 36.5 Å². The van der Waals surface area contributed by atoms with Crippen LogP contribution < -0.4 is 9.84 Å². The first-order valence-corrected chi connectivity index (χ1v) is 25.2. The molecule has 0 fully saturated rings. The molecule has 0 aromatic heterocycles. The molecule has 0 aliphatic heterocycles. The Hall–Kier alpha value is 1.45. The minimum atomic E-state index is -2.78. The maximum atomic E-state index is 12.0. The molecule has 0 atom stereocenters. The van der Waals surface area contributed by atoms with Gasteiger partial charge in [-0.05, 0) is 63.6 Å². The summed E-state index contributed by atoms with van der Waals surface area (Å²) in [5.74, 6) is 0.0410. The van der Waals surface area contributed by atoms with Gasteiger partial charge in [-0.15, -0.1) is 0 Å². The summed E-state index contributed by atoms with van der Waals surface area (Å²) in [4.78, 5) is 10.8. The van der Waals surface area contributed by atoms with Crippen molar-refractivity contribution in [3.8, 4) is 5.75 Å². The molecule has 42 heavy (non-hydrogen) atoms. The van der Waals surface area contributed by atoms with E-state index in [0.717, 1.165) is 24.3 Å². The van der Waals surface area contributed by atoms with E-state index in [9.17, 15) is 9.36 Å². The van der Waals surface area contributed by atoms with Gasteiger partial charge in [0.15, 0.2) is 0 Å². The molecule has 19 heteroatoms. The number of hydrogen-bond acceptors (Lipinski definition) is 13. The maximum Gasteiger partial charge on any atom is 0.380 e. The summed E-state index contributed by atoms with van der Waals surface area (Å²) in [5.41, 5.74) is -2.26. The van der Waals surface area contributed by atoms with Crippen LogP contribution in [0.4, 0.5) is 0 Å². The fourth-order valence-corrected chi connectivity index (χ4v) is 14.5. The normalized spacial score (nSPS) is 11.6. The number of benzene rings is 1. The highest BCUT2D eigenvalue weighted by atomic mass is 35.5. The molecular weight excluding hydrogens is 742 g/mol. The van der Waals surface area contributed by atoms with E-state index < -0.39 is 18.2 Å². The van der Waals surface area contributed by atoms with Crippen molar-refractivity contribution in [2.75, 3.05) is 58.3 Å². The molecule has 0 radical (unpaired) electrons. The molecular formula is C23H44Cl2NO8P3S5. The highest BCUT2D eigenvalue weighted by Crippen LogP contribution is 2.70. The Morgan fingerprint density at radius 1 is 0.881 bits per heavy atom. The van der Waals surface area contributed by atoms with Crippen LogP contribution in [0.1, 0.15) is 47.5 Å². The van der Waals surface area contributed by atoms with Gasteiger partial charge in [0.05, 0.1) is 30.6 Å². The Morgan fingerprint density at radius 2 is 1.38 bits per heavy atom. The Morgan fingerprint density at radius 3 is 1.76 bits per heavy atom. The van der Waals surface area contributed by atoms with Gasteiger partial charge in [0.2, 0.25) is 11.6 Å². The van der Waals surface area contributed by atoms with Gasteiger partial charge in [0.1, 0.15) is 5.75 Å². The average molecular weight is 787 g/mol. The van der Waals surface area contributed by atoms with Crippen LogP contribution in [0.2, 0.25) is 10.0 Å². The van der Waals surface area contributed by atoms with Crippen molar-refractivity contribution in [3.63, 3.8) is 0 Å². The van der Waals surface area contributed by atoms with Gasteiger partial charge >= 0.3 is 12.5 Å². The molecule has 0 aliphatic rings. The summed E-state index contributed by atoms with van der Waals surface area (Å²) < 4.78 is 43.5. The molecule has 1 rings (SSSR count). The summed E-state index contributed by atoms with van der Waals surface area (Å²) in [7, 11) is 4.55.